The van der Waals surface area contributed by atoms with E-state index in [0.717, 1.165) is 30.8 Å². The molecule has 0 N–H and O–H groups in total. The summed E-state index contributed by atoms with van der Waals surface area (Å²) in [4.78, 5) is 15.5. The quantitative estimate of drug-likeness (QED) is 0.853. The Morgan fingerprint density at radius 1 is 1.38 bits per heavy atom. The molecule has 2 aliphatic rings. The average Bonchev–Trinajstić information content (AvgIpc) is 3.29. The van der Waals surface area contributed by atoms with Gasteiger partial charge in [-0.1, -0.05) is 4.49 Å². The summed E-state index contributed by atoms with van der Waals surface area (Å²) >= 11 is 1.16. The molecule has 1 aliphatic carbocycles. The summed E-state index contributed by atoms with van der Waals surface area (Å²) in [6, 6.07) is 6.34. The van der Waals surface area contributed by atoms with Crippen molar-refractivity contribution < 1.29 is 13.9 Å². The number of carbonyl (C=O) groups is 1. The van der Waals surface area contributed by atoms with Crippen molar-refractivity contribution in [1.82, 2.24) is 14.5 Å². The van der Waals surface area contributed by atoms with Crippen LogP contribution >= 0.6 is 11.5 Å². The molecule has 1 aromatic heterocycles. The number of fused-ring (bicyclic) bond motifs is 2. The Kier molecular flexibility index (Phi) is 3.96. The van der Waals surface area contributed by atoms with Crippen molar-refractivity contribution in [1.29, 1.82) is 0 Å². The lowest BCUT2D eigenvalue weighted by molar-refractivity contribution is 0.0509. The molecule has 4 rings (SSSR count). The number of benzene rings is 1. The van der Waals surface area contributed by atoms with Crippen LogP contribution in [0.25, 0.3) is 0 Å². The van der Waals surface area contributed by atoms with E-state index in [0.29, 0.717) is 28.8 Å². The summed E-state index contributed by atoms with van der Waals surface area (Å²) in [5.41, 5.74) is 0.686. The first-order valence-corrected chi connectivity index (χ1v) is 8.91. The normalized spacial score (nSPS) is 25.2. The zero-order valence-corrected chi connectivity index (χ0v) is 14.1. The Labute approximate surface area is 143 Å². The molecule has 7 heteroatoms. The van der Waals surface area contributed by atoms with E-state index in [1.165, 1.54) is 12.1 Å². The van der Waals surface area contributed by atoms with Crippen LogP contribution in [0.4, 0.5) is 4.39 Å². The van der Waals surface area contributed by atoms with Gasteiger partial charge in [-0.25, -0.2) is 4.39 Å². The van der Waals surface area contributed by atoms with Crippen LogP contribution in [0.2, 0.25) is 0 Å². The Morgan fingerprint density at radius 3 is 2.88 bits per heavy atom. The molecule has 3 atom stereocenters. The fraction of sp³-hybridized carbons (Fsp3) is 0.471. The fourth-order valence-corrected chi connectivity index (χ4v) is 4.48. The molecule has 1 saturated heterocycles. The van der Waals surface area contributed by atoms with Gasteiger partial charge in [0, 0.05) is 6.04 Å². The van der Waals surface area contributed by atoms with Gasteiger partial charge in [0.25, 0.3) is 5.91 Å². The maximum absolute atomic E-state index is 13.0. The van der Waals surface area contributed by atoms with Crippen LogP contribution in [-0.4, -0.2) is 39.1 Å². The molecule has 1 aliphatic heterocycles. The van der Waals surface area contributed by atoms with E-state index in [9.17, 15) is 9.18 Å². The molecule has 0 radical (unpaired) electrons. The summed E-state index contributed by atoms with van der Waals surface area (Å²) in [7, 11) is 0. The highest BCUT2D eigenvalue weighted by Crippen LogP contribution is 2.43. The number of aromatic nitrogens is 2. The third kappa shape index (κ3) is 2.66. The van der Waals surface area contributed by atoms with E-state index < -0.39 is 0 Å². The largest absolute Gasteiger partial charge is 0.491 e. The predicted octanol–water partition coefficient (Wildman–Crippen LogP) is 3.06. The molecule has 24 heavy (non-hydrogen) atoms. The van der Waals surface area contributed by atoms with Gasteiger partial charge in [-0.3, -0.25) is 4.79 Å². The molecule has 2 fully saturated rings. The van der Waals surface area contributed by atoms with E-state index in [-0.39, 0.29) is 23.8 Å². The van der Waals surface area contributed by atoms with Gasteiger partial charge < -0.3 is 9.64 Å². The van der Waals surface area contributed by atoms with Gasteiger partial charge in [-0.05, 0) is 67.9 Å². The summed E-state index contributed by atoms with van der Waals surface area (Å²) < 4.78 is 22.7. The topological polar surface area (TPSA) is 55.3 Å². The third-order valence-electron chi connectivity index (χ3n) is 5.06. The van der Waals surface area contributed by atoms with Crippen LogP contribution in [0.3, 0.4) is 0 Å². The molecule has 0 spiro atoms. The van der Waals surface area contributed by atoms with Crippen LogP contribution in [-0.2, 0) is 0 Å². The fourth-order valence-electron chi connectivity index (χ4n) is 3.88. The smallest absolute Gasteiger partial charge is 0.268 e. The zero-order valence-electron chi connectivity index (χ0n) is 13.3. The number of halogens is 1. The monoisotopic (exact) mass is 347 g/mol. The minimum absolute atomic E-state index is 0.0161. The number of rotatable bonds is 4. The Hall–Kier alpha value is -2.02. The molecule has 2 heterocycles. The first kappa shape index (κ1) is 15.5. The van der Waals surface area contributed by atoms with Gasteiger partial charge in [-0.15, -0.1) is 5.10 Å². The number of amides is 1. The average molecular weight is 347 g/mol. The molecule has 5 nitrogen and oxygen atoms in total. The van der Waals surface area contributed by atoms with E-state index in [4.69, 9.17) is 4.74 Å². The van der Waals surface area contributed by atoms with Crippen LogP contribution in [0.15, 0.2) is 24.3 Å². The van der Waals surface area contributed by atoms with Crippen molar-refractivity contribution in [3.05, 3.63) is 40.7 Å². The van der Waals surface area contributed by atoms with Crippen LogP contribution in [0.5, 0.6) is 5.75 Å². The minimum atomic E-state index is -0.285. The molecule has 1 saturated carbocycles. The number of piperidine rings is 1. The van der Waals surface area contributed by atoms with Crippen LogP contribution in [0.1, 0.15) is 34.6 Å². The van der Waals surface area contributed by atoms with E-state index >= 15 is 0 Å². The van der Waals surface area contributed by atoms with E-state index in [1.807, 2.05) is 11.8 Å². The lowest BCUT2D eigenvalue weighted by Gasteiger charge is -2.34. The standard InChI is InChI=1S/C17H18FN3O2S/c1-10-16(24-20-19-10)17(22)21-13-5-2-11(8-13)15(21)9-23-14-6-3-12(18)4-7-14/h3-4,6-7,11,13,15H,2,5,8-9H2,1H3/t11-,13-,15-/m0/s1. The van der Waals surface area contributed by atoms with Crippen LogP contribution in [0, 0.1) is 18.7 Å². The lowest BCUT2D eigenvalue weighted by atomic mass is 9.99. The Balaban J connectivity index is 1.51. The first-order valence-electron chi connectivity index (χ1n) is 8.13. The number of likely N-dealkylation sites (tertiary alicyclic amines) is 1. The molecule has 126 valence electrons. The SMILES string of the molecule is Cc1nnsc1C(=O)N1[C@H]2CC[C@@H](C2)[C@@H]1COc1ccc(F)cc1. The van der Waals surface area contributed by atoms with Crippen molar-refractivity contribution in [2.24, 2.45) is 5.92 Å². The highest BCUT2D eigenvalue weighted by Gasteiger charge is 2.49. The lowest BCUT2D eigenvalue weighted by Crippen LogP contribution is -2.47. The van der Waals surface area contributed by atoms with E-state index in [1.54, 1.807) is 12.1 Å². The summed E-state index contributed by atoms with van der Waals surface area (Å²) in [5, 5.41) is 3.95. The maximum atomic E-state index is 13.0. The minimum Gasteiger partial charge on any atom is -0.491 e. The van der Waals surface area contributed by atoms with Crippen LogP contribution < -0.4 is 4.74 Å². The highest BCUT2D eigenvalue weighted by molar-refractivity contribution is 7.07. The second kappa shape index (κ2) is 6.12. The van der Waals surface area contributed by atoms with Crippen molar-refractivity contribution in [2.45, 2.75) is 38.3 Å². The van der Waals surface area contributed by atoms with Gasteiger partial charge >= 0.3 is 0 Å². The van der Waals surface area contributed by atoms with Gasteiger partial charge in [0.2, 0.25) is 0 Å². The van der Waals surface area contributed by atoms with Gasteiger partial charge in [0.05, 0.1) is 11.7 Å². The summed E-state index contributed by atoms with van der Waals surface area (Å²) in [6.45, 7) is 2.25. The molecule has 1 aromatic carbocycles. The van der Waals surface area contributed by atoms with Crippen molar-refractivity contribution in [3.8, 4) is 5.75 Å². The van der Waals surface area contributed by atoms with Gasteiger partial charge in [0.15, 0.2) is 0 Å². The number of ether oxygens (including phenoxy) is 1. The third-order valence-corrected chi connectivity index (χ3v) is 5.87. The van der Waals surface area contributed by atoms with Crippen molar-refractivity contribution in [2.75, 3.05) is 6.61 Å². The van der Waals surface area contributed by atoms with Gasteiger partial charge in [0.1, 0.15) is 23.1 Å². The number of hydrogen-bond acceptors (Lipinski definition) is 5. The summed E-state index contributed by atoms with van der Waals surface area (Å²) in [5.74, 6) is 0.831. The number of carbonyl (C=O) groups excluding carboxylic acids is 1. The number of aryl methyl sites for hydroxylation is 1. The van der Waals surface area contributed by atoms with Crippen molar-refractivity contribution in [3.63, 3.8) is 0 Å². The highest BCUT2D eigenvalue weighted by atomic mass is 32.1. The number of nitrogens with zero attached hydrogens (tertiary/aromatic N) is 3. The Bertz CT molecular complexity index is 749. The Morgan fingerprint density at radius 2 is 2.17 bits per heavy atom. The maximum Gasteiger partial charge on any atom is 0.268 e. The predicted molar refractivity (Wildman–Crippen MR) is 87.6 cm³/mol. The summed E-state index contributed by atoms with van der Waals surface area (Å²) in [6.07, 6.45) is 3.22. The molecular weight excluding hydrogens is 329 g/mol. The molecule has 1 amide bonds. The van der Waals surface area contributed by atoms with Gasteiger partial charge in [-0.2, -0.15) is 0 Å². The second-order valence-corrected chi connectivity index (χ2v) is 7.21. The zero-order chi connectivity index (χ0) is 16.7. The number of hydrogen-bond donors (Lipinski definition) is 0. The first-order chi connectivity index (χ1) is 11.6. The van der Waals surface area contributed by atoms with Crippen molar-refractivity contribution >= 4 is 17.4 Å². The van der Waals surface area contributed by atoms with E-state index in [2.05, 4.69) is 9.59 Å². The molecule has 2 aromatic rings. The molecule has 0 unspecified atom stereocenters. The second-order valence-electron chi connectivity index (χ2n) is 6.46. The molecular formula is C17H18FN3O2S. The molecule has 2 bridgehead atoms.